The van der Waals surface area contributed by atoms with Gasteiger partial charge in [0.05, 0.1) is 0 Å². The van der Waals surface area contributed by atoms with Crippen LogP contribution in [0.4, 0.5) is 0 Å². The number of hydrogen-bond acceptors (Lipinski definition) is 1. The Kier molecular flexibility index (Phi) is 4.53. The van der Waals surface area contributed by atoms with E-state index in [1.165, 1.54) is 44.2 Å². The number of para-hydroxylation sites is 1. The molecule has 6 aromatic carbocycles. The van der Waals surface area contributed by atoms with E-state index in [2.05, 4.69) is 121 Å². The van der Waals surface area contributed by atoms with Crippen LogP contribution in [0.1, 0.15) is 0 Å². The normalized spacial score (nSPS) is 11.4. The molecule has 0 aliphatic carbocycles. The molecule has 164 valence electrons. The zero-order valence-electron chi connectivity index (χ0n) is 19.1. The second-order valence-corrected chi connectivity index (χ2v) is 8.96. The zero-order chi connectivity index (χ0) is 23.2. The van der Waals surface area contributed by atoms with Gasteiger partial charge in [-0.3, -0.25) is 0 Å². The van der Waals surface area contributed by atoms with Gasteiger partial charge < -0.3 is 4.42 Å². The molecule has 0 fully saturated rings. The molecule has 7 rings (SSSR count). The van der Waals surface area contributed by atoms with E-state index in [9.17, 15) is 0 Å². The highest BCUT2D eigenvalue weighted by atomic mass is 16.3. The van der Waals surface area contributed by atoms with Crippen molar-refractivity contribution in [1.29, 1.82) is 0 Å². The Morgan fingerprint density at radius 2 is 0.886 bits per heavy atom. The molecule has 0 spiro atoms. The van der Waals surface area contributed by atoms with Crippen molar-refractivity contribution in [3.8, 4) is 33.4 Å². The molecule has 35 heavy (non-hydrogen) atoms. The Morgan fingerprint density at radius 3 is 1.66 bits per heavy atom. The third kappa shape index (κ3) is 3.33. The van der Waals surface area contributed by atoms with Crippen molar-refractivity contribution < 1.29 is 4.42 Å². The molecular weight excluding hydrogens is 424 g/mol. The maximum absolute atomic E-state index is 6.06. The number of benzene rings is 6. The molecule has 1 heteroatoms. The molecule has 0 atom stereocenters. The van der Waals surface area contributed by atoms with Crippen LogP contribution < -0.4 is 0 Å². The fraction of sp³-hybridized carbons (Fsp3) is 0. The van der Waals surface area contributed by atoms with Gasteiger partial charge >= 0.3 is 0 Å². The Hall–Kier alpha value is -4.62. The first kappa shape index (κ1) is 19.8. The average Bonchev–Trinajstić information content (AvgIpc) is 3.31. The molecule has 1 aromatic heterocycles. The van der Waals surface area contributed by atoms with Gasteiger partial charge in [0.15, 0.2) is 0 Å². The van der Waals surface area contributed by atoms with Crippen LogP contribution in [0.25, 0.3) is 66.1 Å². The van der Waals surface area contributed by atoms with E-state index in [0.29, 0.717) is 0 Å². The molecule has 0 unspecified atom stereocenters. The third-order valence-electron chi connectivity index (χ3n) is 6.89. The van der Waals surface area contributed by atoms with Gasteiger partial charge in [-0.2, -0.15) is 0 Å². The van der Waals surface area contributed by atoms with E-state index in [1.54, 1.807) is 0 Å². The van der Waals surface area contributed by atoms with E-state index in [4.69, 9.17) is 4.42 Å². The van der Waals surface area contributed by atoms with Crippen molar-refractivity contribution in [2.24, 2.45) is 0 Å². The van der Waals surface area contributed by atoms with Crippen molar-refractivity contribution in [3.05, 3.63) is 133 Å². The smallest absolute Gasteiger partial charge is 0.135 e. The fourth-order valence-corrected chi connectivity index (χ4v) is 5.19. The molecule has 0 aliphatic heterocycles. The number of furan rings is 1. The summed E-state index contributed by atoms with van der Waals surface area (Å²) in [5.41, 5.74) is 9.22. The van der Waals surface area contributed by atoms with E-state index < -0.39 is 0 Å². The zero-order valence-corrected chi connectivity index (χ0v) is 19.1. The Bertz CT molecular complexity index is 1840. The van der Waals surface area contributed by atoms with Crippen LogP contribution in [0.5, 0.6) is 0 Å². The summed E-state index contributed by atoms with van der Waals surface area (Å²) in [6.07, 6.45) is 0. The highest BCUT2D eigenvalue weighted by molar-refractivity contribution is 6.09. The van der Waals surface area contributed by atoms with Crippen molar-refractivity contribution in [2.75, 3.05) is 0 Å². The monoisotopic (exact) mass is 446 g/mol. The molecule has 0 amide bonds. The summed E-state index contributed by atoms with van der Waals surface area (Å²) in [5, 5.41) is 4.82. The lowest BCUT2D eigenvalue weighted by Crippen LogP contribution is -1.87. The largest absolute Gasteiger partial charge is 0.456 e. The minimum absolute atomic E-state index is 0.925. The maximum atomic E-state index is 6.06. The molecule has 0 radical (unpaired) electrons. The Labute approximate surface area is 203 Å². The Morgan fingerprint density at radius 1 is 0.314 bits per heavy atom. The van der Waals surface area contributed by atoms with Gasteiger partial charge in [0.2, 0.25) is 0 Å². The van der Waals surface area contributed by atoms with Gasteiger partial charge in [0, 0.05) is 10.8 Å². The third-order valence-corrected chi connectivity index (χ3v) is 6.89. The van der Waals surface area contributed by atoms with Crippen LogP contribution in [0.2, 0.25) is 0 Å². The summed E-state index contributed by atoms with van der Waals surface area (Å²) in [6, 6.07) is 47.4. The predicted octanol–water partition coefficient (Wildman–Crippen LogP) is 9.74. The minimum atomic E-state index is 0.925. The van der Waals surface area contributed by atoms with Crippen LogP contribution in [-0.2, 0) is 0 Å². The Balaban J connectivity index is 1.40. The summed E-state index contributed by atoms with van der Waals surface area (Å²) in [7, 11) is 0. The predicted molar refractivity (Wildman–Crippen MR) is 148 cm³/mol. The number of rotatable bonds is 3. The topological polar surface area (TPSA) is 13.1 Å². The lowest BCUT2D eigenvalue weighted by Gasteiger charge is -2.13. The minimum Gasteiger partial charge on any atom is -0.456 e. The van der Waals surface area contributed by atoms with E-state index in [0.717, 1.165) is 21.9 Å². The first-order chi connectivity index (χ1) is 17.3. The van der Waals surface area contributed by atoms with Crippen LogP contribution >= 0.6 is 0 Å². The number of fused-ring (bicyclic) bond motifs is 4. The van der Waals surface area contributed by atoms with Crippen molar-refractivity contribution >= 4 is 32.7 Å². The lowest BCUT2D eigenvalue weighted by molar-refractivity contribution is 0.669. The average molecular weight is 447 g/mol. The van der Waals surface area contributed by atoms with Crippen LogP contribution in [0, 0.1) is 0 Å². The van der Waals surface area contributed by atoms with Crippen LogP contribution in [-0.4, -0.2) is 0 Å². The van der Waals surface area contributed by atoms with Gasteiger partial charge in [-0.15, -0.1) is 0 Å². The molecule has 7 aromatic rings. The van der Waals surface area contributed by atoms with Crippen molar-refractivity contribution in [2.45, 2.75) is 0 Å². The molecule has 0 bridgehead atoms. The van der Waals surface area contributed by atoms with Gasteiger partial charge in [0.1, 0.15) is 11.2 Å². The number of hydrogen-bond donors (Lipinski definition) is 0. The van der Waals surface area contributed by atoms with E-state index in [-0.39, 0.29) is 0 Å². The molecule has 1 heterocycles. The summed E-state index contributed by atoms with van der Waals surface area (Å²) in [5.74, 6) is 0. The molecular formula is C34H22O. The van der Waals surface area contributed by atoms with Crippen LogP contribution in [0.15, 0.2) is 138 Å². The molecule has 0 saturated carbocycles. The SMILES string of the molecule is c1ccc(-c2cccc(-c3ccc(-c4ccc5oc6ccccc6c5c4)c4ccccc34)c2)cc1. The second-order valence-electron chi connectivity index (χ2n) is 8.96. The van der Waals surface area contributed by atoms with Gasteiger partial charge in [-0.25, -0.2) is 0 Å². The first-order valence-corrected chi connectivity index (χ1v) is 11.9. The van der Waals surface area contributed by atoms with Gasteiger partial charge in [0.25, 0.3) is 0 Å². The highest BCUT2D eigenvalue weighted by Crippen LogP contribution is 2.39. The van der Waals surface area contributed by atoms with Gasteiger partial charge in [-0.1, -0.05) is 109 Å². The maximum Gasteiger partial charge on any atom is 0.135 e. The van der Waals surface area contributed by atoms with Crippen molar-refractivity contribution in [3.63, 3.8) is 0 Å². The van der Waals surface area contributed by atoms with E-state index in [1.807, 2.05) is 12.1 Å². The lowest BCUT2D eigenvalue weighted by atomic mass is 9.90. The summed E-state index contributed by atoms with van der Waals surface area (Å²) < 4.78 is 6.06. The molecule has 0 aliphatic rings. The summed E-state index contributed by atoms with van der Waals surface area (Å²) in [6.45, 7) is 0. The highest BCUT2D eigenvalue weighted by Gasteiger charge is 2.12. The quantitative estimate of drug-likeness (QED) is 0.263. The van der Waals surface area contributed by atoms with Gasteiger partial charge in [-0.05, 0) is 68.4 Å². The molecule has 1 nitrogen and oxygen atoms in total. The van der Waals surface area contributed by atoms with E-state index >= 15 is 0 Å². The molecule has 0 N–H and O–H groups in total. The summed E-state index contributed by atoms with van der Waals surface area (Å²) >= 11 is 0. The summed E-state index contributed by atoms with van der Waals surface area (Å²) in [4.78, 5) is 0. The standard InChI is InChI=1S/C34H22O/c1-2-9-23(10-3-1)24-11-8-12-25(21-24)27-18-19-28(30-14-5-4-13-29(27)30)26-17-20-34-32(22-26)31-15-6-7-16-33(31)35-34/h1-22H. The second kappa shape index (κ2) is 8.00. The van der Waals surface area contributed by atoms with Crippen molar-refractivity contribution in [1.82, 2.24) is 0 Å². The molecule has 0 saturated heterocycles. The first-order valence-electron chi connectivity index (χ1n) is 11.9. The van der Waals surface area contributed by atoms with Crippen LogP contribution in [0.3, 0.4) is 0 Å². The fourth-order valence-electron chi connectivity index (χ4n) is 5.19.